The van der Waals surface area contributed by atoms with Crippen LogP contribution in [0.1, 0.15) is 36.3 Å². The van der Waals surface area contributed by atoms with Crippen LogP contribution in [0.4, 0.5) is 16.9 Å². The van der Waals surface area contributed by atoms with Gasteiger partial charge < -0.3 is 19.9 Å². The van der Waals surface area contributed by atoms with Gasteiger partial charge in [-0.05, 0) is 44.6 Å². The predicted molar refractivity (Wildman–Crippen MR) is 113 cm³/mol. The maximum absolute atomic E-state index is 5.43. The second-order valence-corrected chi connectivity index (χ2v) is 8.91. The Balaban J connectivity index is 1.25. The van der Waals surface area contributed by atoms with E-state index in [0.29, 0.717) is 6.04 Å². The number of nitrogens with zero attached hydrogens (tertiary/aromatic N) is 5. The summed E-state index contributed by atoms with van der Waals surface area (Å²) in [6.45, 7) is 5.30. The molecule has 1 unspecified atom stereocenters. The van der Waals surface area contributed by atoms with E-state index in [-0.39, 0.29) is 0 Å². The first-order chi connectivity index (χ1) is 13.8. The fourth-order valence-electron chi connectivity index (χ4n) is 4.30. The highest BCUT2D eigenvalue weighted by Crippen LogP contribution is 2.33. The quantitative estimate of drug-likeness (QED) is 0.846. The number of fused-ring (bicyclic) bond motifs is 1. The van der Waals surface area contributed by atoms with E-state index in [4.69, 9.17) is 14.7 Å². The van der Waals surface area contributed by atoms with Crippen LogP contribution in [0.15, 0.2) is 12.3 Å². The van der Waals surface area contributed by atoms with Gasteiger partial charge in [-0.3, -0.25) is 0 Å². The smallest absolute Gasteiger partial charge is 0.227 e. The van der Waals surface area contributed by atoms with E-state index < -0.39 is 0 Å². The molecule has 8 heteroatoms. The van der Waals surface area contributed by atoms with Crippen molar-refractivity contribution in [3.05, 3.63) is 22.8 Å². The lowest BCUT2D eigenvalue weighted by molar-refractivity contribution is 0.122. The second-order valence-electron chi connectivity index (χ2n) is 7.84. The molecule has 0 aromatic carbocycles. The maximum Gasteiger partial charge on any atom is 0.227 e. The van der Waals surface area contributed by atoms with E-state index in [1.54, 1.807) is 0 Å². The molecule has 2 aliphatic heterocycles. The van der Waals surface area contributed by atoms with Crippen molar-refractivity contribution in [3.63, 3.8) is 0 Å². The third kappa shape index (κ3) is 3.93. The lowest BCUT2D eigenvalue weighted by Gasteiger charge is -2.33. The predicted octanol–water partition coefficient (Wildman–Crippen LogP) is 2.73. The number of anilines is 3. The van der Waals surface area contributed by atoms with E-state index in [1.165, 1.54) is 47.8 Å². The van der Waals surface area contributed by atoms with Gasteiger partial charge >= 0.3 is 0 Å². The van der Waals surface area contributed by atoms with Crippen LogP contribution in [-0.2, 0) is 17.6 Å². The molecule has 1 aliphatic carbocycles. The number of aromatic nitrogens is 3. The highest BCUT2D eigenvalue weighted by Gasteiger charge is 2.25. The number of aryl methyl sites for hydroxylation is 2. The van der Waals surface area contributed by atoms with Crippen LogP contribution in [0, 0.1) is 0 Å². The zero-order valence-corrected chi connectivity index (χ0v) is 17.1. The van der Waals surface area contributed by atoms with E-state index in [9.17, 15) is 0 Å². The molecule has 2 aromatic rings. The molecule has 7 nitrogen and oxygen atoms in total. The molecule has 1 N–H and O–H groups in total. The van der Waals surface area contributed by atoms with Gasteiger partial charge in [-0.1, -0.05) is 0 Å². The van der Waals surface area contributed by atoms with Crippen molar-refractivity contribution in [2.45, 2.75) is 44.6 Å². The Morgan fingerprint density at radius 3 is 2.82 bits per heavy atom. The lowest BCUT2D eigenvalue weighted by atomic mass is 10.0. The number of nitrogens with one attached hydrogen (secondary N) is 1. The van der Waals surface area contributed by atoms with Crippen LogP contribution < -0.4 is 15.1 Å². The average Bonchev–Trinajstić information content (AvgIpc) is 3.19. The van der Waals surface area contributed by atoms with E-state index in [0.717, 1.165) is 57.6 Å². The topological polar surface area (TPSA) is 66.4 Å². The number of ether oxygens (including phenoxy) is 1. The van der Waals surface area contributed by atoms with E-state index in [1.807, 2.05) is 23.6 Å². The molecule has 2 aromatic heterocycles. The van der Waals surface area contributed by atoms with Crippen LogP contribution >= 0.6 is 11.3 Å². The van der Waals surface area contributed by atoms with Gasteiger partial charge in [0.05, 0.1) is 18.9 Å². The van der Waals surface area contributed by atoms with Crippen molar-refractivity contribution in [1.82, 2.24) is 15.0 Å². The molecular formula is C20H28N6OS. The summed E-state index contributed by atoms with van der Waals surface area (Å²) in [7, 11) is 0. The second kappa shape index (κ2) is 8.21. The molecule has 2 saturated heterocycles. The highest BCUT2D eigenvalue weighted by molar-refractivity contribution is 7.15. The van der Waals surface area contributed by atoms with Gasteiger partial charge in [-0.2, -0.15) is 4.98 Å². The first-order valence-electron chi connectivity index (χ1n) is 10.5. The monoisotopic (exact) mass is 400 g/mol. The van der Waals surface area contributed by atoms with Crippen molar-refractivity contribution in [2.75, 3.05) is 54.5 Å². The molecule has 0 bridgehead atoms. The number of hydrogen-bond donors (Lipinski definition) is 1. The minimum Gasteiger partial charge on any atom is -0.378 e. The normalized spacial score (nSPS) is 22.8. The Kier molecular flexibility index (Phi) is 5.31. The molecule has 3 aliphatic rings. The fraction of sp³-hybridized carbons (Fsp3) is 0.650. The number of morpholine rings is 1. The largest absolute Gasteiger partial charge is 0.378 e. The van der Waals surface area contributed by atoms with Crippen molar-refractivity contribution in [2.24, 2.45) is 0 Å². The molecule has 0 spiro atoms. The SMILES string of the molecule is c1cc(NC2CCCN(c3nc4c(s3)CCCC4)C2)nc(N2CCOCC2)n1. The molecule has 28 heavy (non-hydrogen) atoms. The number of thiazole rings is 1. The standard InChI is InChI=1S/C20H28N6OS/c1-2-6-17-16(5-1)23-20(28-17)26-9-3-4-15(14-26)22-18-7-8-21-19(24-18)25-10-12-27-13-11-25/h7-8,15H,1-6,9-14H2,(H,21,22,24). The average molecular weight is 401 g/mol. The van der Waals surface area contributed by atoms with Crippen molar-refractivity contribution >= 4 is 28.2 Å². The summed E-state index contributed by atoms with van der Waals surface area (Å²) in [5.74, 6) is 1.72. The van der Waals surface area contributed by atoms with Gasteiger partial charge in [-0.15, -0.1) is 11.3 Å². The summed E-state index contributed by atoms with van der Waals surface area (Å²) in [4.78, 5) is 20.4. The molecule has 1 atom stereocenters. The van der Waals surface area contributed by atoms with Gasteiger partial charge in [-0.25, -0.2) is 9.97 Å². The summed E-state index contributed by atoms with van der Waals surface area (Å²) in [5.41, 5.74) is 1.35. The van der Waals surface area contributed by atoms with Crippen LogP contribution in [0.25, 0.3) is 0 Å². The maximum atomic E-state index is 5.43. The number of piperidine rings is 1. The van der Waals surface area contributed by atoms with E-state index in [2.05, 4.69) is 20.1 Å². The van der Waals surface area contributed by atoms with Gasteiger partial charge in [0.25, 0.3) is 0 Å². The first-order valence-corrected chi connectivity index (χ1v) is 11.3. The molecular weight excluding hydrogens is 372 g/mol. The van der Waals surface area contributed by atoms with Crippen molar-refractivity contribution in [1.29, 1.82) is 0 Å². The minimum atomic E-state index is 0.391. The molecule has 0 saturated carbocycles. The van der Waals surface area contributed by atoms with Gasteiger partial charge in [0.2, 0.25) is 5.95 Å². The van der Waals surface area contributed by atoms with Crippen LogP contribution in [0.3, 0.4) is 0 Å². The molecule has 0 amide bonds. The summed E-state index contributed by atoms with van der Waals surface area (Å²) in [6, 6.07) is 2.37. The first kappa shape index (κ1) is 18.1. The number of rotatable bonds is 4. The zero-order chi connectivity index (χ0) is 18.8. The van der Waals surface area contributed by atoms with E-state index >= 15 is 0 Å². The van der Waals surface area contributed by atoms with Crippen LogP contribution in [-0.4, -0.2) is 60.4 Å². The lowest BCUT2D eigenvalue weighted by Crippen LogP contribution is -2.42. The van der Waals surface area contributed by atoms with Crippen molar-refractivity contribution < 1.29 is 4.74 Å². The minimum absolute atomic E-state index is 0.391. The summed E-state index contributed by atoms with van der Waals surface area (Å²) >= 11 is 1.91. The zero-order valence-electron chi connectivity index (χ0n) is 16.3. The Labute approximate surface area is 170 Å². The Morgan fingerprint density at radius 2 is 1.93 bits per heavy atom. The summed E-state index contributed by atoms with van der Waals surface area (Å²) in [5, 5.41) is 4.87. The Hall–Kier alpha value is -1.93. The Bertz CT molecular complexity index is 782. The number of hydrogen-bond acceptors (Lipinski definition) is 8. The summed E-state index contributed by atoms with van der Waals surface area (Å²) < 4.78 is 5.43. The fourth-order valence-corrected chi connectivity index (χ4v) is 5.48. The van der Waals surface area contributed by atoms with Crippen LogP contribution in [0.2, 0.25) is 0 Å². The molecule has 0 radical (unpaired) electrons. The molecule has 150 valence electrons. The van der Waals surface area contributed by atoms with Gasteiger partial charge in [0.1, 0.15) is 5.82 Å². The molecule has 4 heterocycles. The summed E-state index contributed by atoms with van der Waals surface area (Å²) in [6.07, 6.45) is 9.19. The molecule has 5 rings (SSSR count). The van der Waals surface area contributed by atoms with Gasteiger partial charge in [0.15, 0.2) is 5.13 Å². The van der Waals surface area contributed by atoms with Crippen molar-refractivity contribution in [3.8, 4) is 0 Å². The highest BCUT2D eigenvalue weighted by atomic mass is 32.1. The van der Waals surface area contributed by atoms with Crippen LogP contribution in [0.5, 0.6) is 0 Å². The third-order valence-corrected chi connectivity index (χ3v) is 7.03. The third-order valence-electron chi connectivity index (χ3n) is 5.82. The molecule has 2 fully saturated rings. The Morgan fingerprint density at radius 1 is 1.04 bits per heavy atom. The van der Waals surface area contributed by atoms with Gasteiger partial charge in [0, 0.05) is 43.3 Å².